The molecule has 0 bridgehead atoms. The average Bonchev–Trinajstić information content (AvgIpc) is 2.70. The van der Waals surface area contributed by atoms with Gasteiger partial charge in [-0.1, -0.05) is 18.2 Å². The maximum Gasteiger partial charge on any atom is 0.338 e. The molecular formula is C17H19N3O7S. The molecule has 1 heterocycles. The van der Waals surface area contributed by atoms with Crippen molar-refractivity contribution in [1.29, 1.82) is 0 Å². The summed E-state index contributed by atoms with van der Waals surface area (Å²) in [6.45, 7) is 0. The molecule has 1 atom stereocenters. The van der Waals surface area contributed by atoms with Crippen molar-refractivity contribution in [1.82, 2.24) is 10.3 Å². The van der Waals surface area contributed by atoms with Crippen LogP contribution in [0.2, 0.25) is 0 Å². The van der Waals surface area contributed by atoms with Crippen LogP contribution in [-0.4, -0.2) is 46.7 Å². The highest BCUT2D eigenvalue weighted by molar-refractivity contribution is 7.72. The van der Waals surface area contributed by atoms with Gasteiger partial charge in [-0.05, 0) is 6.07 Å². The smallest absolute Gasteiger partial charge is 0.338 e. The molecule has 10 nitrogen and oxygen atoms in total. The molecule has 0 aliphatic carbocycles. The van der Waals surface area contributed by atoms with Gasteiger partial charge in [0, 0.05) is 17.7 Å². The number of ether oxygens (including phenoxy) is 3. The first-order chi connectivity index (χ1) is 13.4. The third-order valence-electron chi connectivity index (χ3n) is 3.60. The number of esters is 1. The van der Waals surface area contributed by atoms with Crippen molar-refractivity contribution in [3.8, 4) is 11.6 Å². The first-order valence-corrected chi connectivity index (χ1v) is 9.12. The molecule has 0 aliphatic rings. The maximum atomic E-state index is 12.3. The Morgan fingerprint density at radius 2 is 1.79 bits per heavy atom. The van der Waals surface area contributed by atoms with Gasteiger partial charge in [-0.15, -0.1) is 0 Å². The molecule has 1 unspecified atom stereocenters. The number of hydrogen-bond donors (Lipinski definition) is 3. The van der Waals surface area contributed by atoms with Crippen LogP contribution in [-0.2, 0) is 15.4 Å². The van der Waals surface area contributed by atoms with Gasteiger partial charge < -0.3 is 19.5 Å². The summed E-state index contributed by atoms with van der Waals surface area (Å²) in [5.41, 5.74) is 0.104. The van der Waals surface area contributed by atoms with Crippen LogP contribution in [0.4, 0.5) is 10.6 Å². The molecule has 1 aromatic carbocycles. The van der Waals surface area contributed by atoms with Crippen LogP contribution in [0.25, 0.3) is 0 Å². The highest BCUT2D eigenvalue weighted by Gasteiger charge is 2.24. The van der Waals surface area contributed by atoms with E-state index in [-0.39, 0.29) is 22.8 Å². The van der Waals surface area contributed by atoms with E-state index in [0.29, 0.717) is 5.75 Å². The van der Waals surface area contributed by atoms with Gasteiger partial charge in [0.1, 0.15) is 11.6 Å². The van der Waals surface area contributed by atoms with Gasteiger partial charge in [-0.25, -0.2) is 18.0 Å². The van der Waals surface area contributed by atoms with Gasteiger partial charge in [0.25, 0.3) is 0 Å². The van der Waals surface area contributed by atoms with E-state index in [1.807, 2.05) is 0 Å². The highest BCUT2D eigenvalue weighted by Crippen LogP contribution is 2.23. The molecule has 28 heavy (non-hydrogen) atoms. The number of hydrogen-bond acceptors (Lipinski definition) is 8. The Labute approximate surface area is 162 Å². The molecule has 0 aliphatic heterocycles. The lowest BCUT2D eigenvalue weighted by atomic mass is 10.1. The van der Waals surface area contributed by atoms with Crippen molar-refractivity contribution in [2.24, 2.45) is 0 Å². The summed E-state index contributed by atoms with van der Waals surface area (Å²) in [7, 11) is 0.840. The Morgan fingerprint density at radius 3 is 2.39 bits per heavy atom. The molecule has 2 aromatic rings. The number of anilines is 1. The Balaban J connectivity index is 2.27. The lowest BCUT2D eigenvalue weighted by molar-refractivity contribution is 0.0599. The number of pyridine rings is 1. The van der Waals surface area contributed by atoms with E-state index in [1.54, 1.807) is 12.1 Å². The molecule has 11 heteroatoms. The number of thiol groups is 1. The number of nitrogens with one attached hydrogen (secondary N) is 2. The number of carbonyl (C=O) groups excluding carboxylic acids is 2. The molecule has 0 radical (unpaired) electrons. The Hall–Kier alpha value is -3.34. The Kier molecular flexibility index (Phi) is 7.15. The maximum absolute atomic E-state index is 12.3. The summed E-state index contributed by atoms with van der Waals surface area (Å²) >= 11 is 0. The number of nitrogens with zero attached hydrogens (tertiary/aromatic N) is 1. The standard InChI is InChI=1S/C17H19N3O7S/c1-25-10-8-13(18-14(9-10)26-2)19-17(22)20-15(28(23)24)11-6-4-5-7-12(11)16(21)27-3/h4-9,15,28H,1-3H3,(H2,18,19,20,22). The quantitative estimate of drug-likeness (QED) is 0.461. The Bertz CT molecular complexity index is 916. The molecule has 0 spiro atoms. The van der Waals surface area contributed by atoms with Crippen LogP contribution < -0.4 is 20.1 Å². The molecule has 1 aromatic heterocycles. The van der Waals surface area contributed by atoms with E-state index in [9.17, 15) is 18.0 Å². The predicted octanol–water partition coefficient (Wildman–Crippen LogP) is 1.32. The molecule has 0 saturated heterocycles. The van der Waals surface area contributed by atoms with Gasteiger partial charge in [0.05, 0.1) is 26.9 Å². The highest BCUT2D eigenvalue weighted by atomic mass is 32.2. The van der Waals surface area contributed by atoms with Gasteiger partial charge in [0.15, 0.2) is 16.1 Å². The molecule has 0 saturated carbocycles. The third-order valence-corrected chi connectivity index (χ3v) is 4.43. The third kappa shape index (κ3) is 5.10. The van der Waals surface area contributed by atoms with E-state index in [1.165, 1.54) is 45.6 Å². The molecular weight excluding hydrogens is 390 g/mol. The summed E-state index contributed by atoms with van der Waals surface area (Å²) in [5, 5.41) is 3.24. The fraction of sp³-hybridized carbons (Fsp3) is 0.235. The second kappa shape index (κ2) is 9.55. The number of aromatic nitrogens is 1. The fourth-order valence-electron chi connectivity index (χ4n) is 2.32. The summed E-state index contributed by atoms with van der Waals surface area (Å²) in [6, 6.07) is 7.99. The first kappa shape index (κ1) is 21.0. The van der Waals surface area contributed by atoms with Crippen LogP contribution >= 0.6 is 0 Å². The molecule has 2 amide bonds. The zero-order valence-electron chi connectivity index (χ0n) is 15.3. The normalized spacial score (nSPS) is 11.4. The van der Waals surface area contributed by atoms with Gasteiger partial charge in [0.2, 0.25) is 5.88 Å². The number of benzene rings is 1. The van der Waals surface area contributed by atoms with Gasteiger partial charge >= 0.3 is 12.0 Å². The minimum absolute atomic E-state index is 0.0238. The molecule has 0 fully saturated rings. The van der Waals surface area contributed by atoms with Gasteiger partial charge in [-0.3, -0.25) is 5.32 Å². The van der Waals surface area contributed by atoms with Crippen LogP contribution in [0.5, 0.6) is 11.6 Å². The van der Waals surface area contributed by atoms with Crippen LogP contribution in [0.1, 0.15) is 21.3 Å². The molecule has 2 rings (SSSR count). The topological polar surface area (TPSA) is 133 Å². The predicted molar refractivity (Wildman–Crippen MR) is 100 cm³/mol. The second-order valence-electron chi connectivity index (χ2n) is 5.30. The van der Waals surface area contributed by atoms with E-state index in [2.05, 4.69) is 20.4 Å². The van der Waals surface area contributed by atoms with Crippen molar-refractivity contribution in [2.45, 2.75) is 5.37 Å². The van der Waals surface area contributed by atoms with Crippen molar-refractivity contribution >= 4 is 28.5 Å². The molecule has 150 valence electrons. The largest absolute Gasteiger partial charge is 0.496 e. The van der Waals surface area contributed by atoms with E-state index in [4.69, 9.17) is 9.47 Å². The van der Waals surface area contributed by atoms with Crippen molar-refractivity contribution in [2.75, 3.05) is 26.6 Å². The minimum Gasteiger partial charge on any atom is -0.496 e. The van der Waals surface area contributed by atoms with Crippen molar-refractivity contribution < 1.29 is 32.2 Å². The van der Waals surface area contributed by atoms with E-state index in [0.717, 1.165) is 0 Å². The minimum atomic E-state index is -3.16. The lowest BCUT2D eigenvalue weighted by Crippen LogP contribution is -2.34. The Morgan fingerprint density at radius 1 is 1.07 bits per heavy atom. The zero-order chi connectivity index (χ0) is 20.7. The van der Waals surface area contributed by atoms with Crippen molar-refractivity contribution in [3.63, 3.8) is 0 Å². The number of methoxy groups -OCH3 is 3. The van der Waals surface area contributed by atoms with E-state index < -0.39 is 28.1 Å². The van der Waals surface area contributed by atoms with Crippen molar-refractivity contribution in [3.05, 3.63) is 47.5 Å². The van der Waals surface area contributed by atoms with Crippen LogP contribution in [0, 0.1) is 0 Å². The monoisotopic (exact) mass is 409 g/mol. The fourth-order valence-corrected chi connectivity index (χ4v) is 2.99. The number of carbonyl (C=O) groups is 2. The van der Waals surface area contributed by atoms with Crippen LogP contribution in [0.3, 0.4) is 0 Å². The first-order valence-electron chi connectivity index (χ1n) is 7.88. The average molecular weight is 409 g/mol. The summed E-state index contributed by atoms with van der Waals surface area (Å²) in [4.78, 5) is 28.2. The van der Waals surface area contributed by atoms with E-state index >= 15 is 0 Å². The SMILES string of the molecule is COC(=O)c1ccccc1C(NC(=O)Nc1cc(OC)cc(OC)n1)[SH](=O)=O. The number of amides is 2. The zero-order valence-corrected chi connectivity index (χ0v) is 16.2. The molecule has 2 N–H and O–H groups in total. The van der Waals surface area contributed by atoms with Crippen LogP contribution in [0.15, 0.2) is 36.4 Å². The summed E-state index contributed by atoms with van der Waals surface area (Å²) in [6.07, 6.45) is 0. The number of urea groups is 1. The number of rotatable bonds is 7. The lowest BCUT2D eigenvalue weighted by Gasteiger charge is -2.16. The van der Waals surface area contributed by atoms with Gasteiger partial charge in [-0.2, -0.15) is 4.98 Å². The second-order valence-corrected chi connectivity index (χ2v) is 6.39. The summed E-state index contributed by atoms with van der Waals surface area (Å²) in [5.74, 6) is -0.0736. The summed E-state index contributed by atoms with van der Waals surface area (Å²) < 4.78 is 38.2.